The molecule has 0 amide bonds. The van der Waals surface area contributed by atoms with Crippen LogP contribution >= 0.6 is 11.6 Å². The number of rotatable bonds is 10. The molecule has 0 radical (unpaired) electrons. The fourth-order valence-electron chi connectivity index (χ4n) is 5.03. The van der Waals surface area contributed by atoms with Gasteiger partial charge in [-0.25, -0.2) is 0 Å². The molecular weight excluding hydrogens is 508 g/mol. The van der Waals surface area contributed by atoms with Crippen molar-refractivity contribution in [2.45, 2.75) is 37.3 Å². The molecule has 1 aromatic rings. The van der Waals surface area contributed by atoms with Crippen LogP contribution in [0.3, 0.4) is 0 Å². The Morgan fingerprint density at radius 1 is 1.14 bits per heavy atom. The van der Waals surface area contributed by atoms with Crippen molar-refractivity contribution in [1.29, 1.82) is 0 Å². The molecule has 0 saturated carbocycles. The molecule has 29 heavy (non-hydrogen) atoms. The fraction of sp³-hybridized carbons (Fsp3) is 0.714. The molecule has 2 aliphatic heterocycles. The van der Waals surface area contributed by atoms with E-state index >= 15 is 0 Å². The van der Waals surface area contributed by atoms with E-state index in [1.54, 1.807) is 0 Å². The summed E-state index contributed by atoms with van der Waals surface area (Å²) in [7, 11) is 2.32. The van der Waals surface area contributed by atoms with Crippen LogP contribution in [0.1, 0.15) is 30.7 Å². The van der Waals surface area contributed by atoms with Crippen molar-refractivity contribution in [2.24, 2.45) is 5.92 Å². The summed E-state index contributed by atoms with van der Waals surface area (Å²) >= 11 is 17.4. The summed E-state index contributed by atoms with van der Waals surface area (Å²) in [4.78, 5) is 5.19. The molecule has 0 unspecified atom stereocenters. The SMILES string of the molecule is CN1[C@H]2CC[C@@H]1[C@@H](CN(CC[S-])CC[N-]CC[S-])[C@@H](c1ccc(Cl)cc1)C2.[O]=[Tc+3]. The van der Waals surface area contributed by atoms with Crippen molar-refractivity contribution in [1.82, 2.24) is 9.80 Å². The molecule has 3 rings (SSSR count). The summed E-state index contributed by atoms with van der Waals surface area (Å²) in [6.45, 7) is 4.74. The van der Waals surface area contributed by atoms with Crippen LogP contribution in [0.4, 0.5) is 0 Å². The summed E-state index contributed by atoms with van der Waals surface area (Å²) < 4.78 is 8.22. The van der Waals surface area contributed by atoms with Crippen molar-refractivity contribution >= 4 is 36.9 Å². The molecule has 2 fully saturated rings. The zero-order valence-electron chi connectivity index (χ0n) is 17.0. The van der Waals surface area contributed by atoms with E-state index < -0.39 is 0 Å². The van der Waals surface area contributed by atoms with Gasteiger partial charge in [-0.3, -0.25) is 0 Å². The minimum absolute atomic E-state index is 0.605. The molecule has 4 nitrogen and oxygen atoms in total. The van der Waals surface area contributed by atoms with Gasteiger partial charge in [-0.15, -0.1) is 6.54 Å². The number of nitrogens with zero attached hydrogens (tertiary/aromatic N) is 3. The Kier molecular flexibility index (Phi) is 12.3. The molecule has 2 bridgehead atoms. The van der Waals surface area contributed by atoms with Crippen LogP contribution in [0.2, 0.25) is 5.02 Å². The third-order valence-electron chi connectivity index (χ3n) is 6.43. The maximum absolute atomic E-state index is 8.22. The standard InChI is InChI=1S/C21H33ClN3S2.O.Tc/c1-24-18-6-7-21(24)20(15-25(11-13-27)10-8-23-9-12-26)19(14-18)16-2-4-17(22)5-3-16;;/h2-5,18-21,26-27H,6-15H2,1H3;;/q-1;;+3/p-2/t18-,19+,20-,21+;;/m0../s1. The number of halogens is 1. The average Bonchev–Trinajstić information content (AvgIpc) is 2.98. The summed E-state index contributed by atoms with van der Waals surface area (Å²) in [5.41, 5.74) is 1.45. The molecule has 0 N–H and O–H groups in total. The third kappa shape index (κ3) is 7.28. The summed E-state index contributed by atoms with van der Waals surface area (Å²) in [5.74, 6) is 2.74. The molecule has 0 aromatic heterocycles. The maximum atomic E-state index is 8.22. The van der Waals surface area contributed by atoms with E-state index in [1.165, 1.54) is 24.8 Å². The van der Waals surface area contributed by atoms with Gasteiger partial charge >= 0.3 is 22.4 Å². The molecule has 162 valence electrons. The van der Waals surface area contributed by atoms with Gasteiger partial charge in [0.15, 0.2) is 0 Å². The van der Waals surface area contributed by atoms with Crippen LogP contribution in [0.15, 0.2) is 24.3 Å². The van der Waals surface area contributed by atoms with Gasteiger partial charge in [0.1, 0.15) is 0 Å². The Balaban J connectivity index is 0.00000145. The molecule has 0 spiro atoms. The van der Waals surface area contributed by atoms with Crippen molar-refractivity contribution in [2.75, 3.05) is 51.3 Å². The predicted molar refractivity (Wildman–Crippen MR) is 122 cm³/mol. The first-order chi connectivity index (χ1) is 14.1. The first-order valence-corrected chi connectivity index (χ1v) is 12.6. The van der Waals surface area contributed by atoms with E-state index in [0.29, 0.717) is 17.9 Å². The predicted octanol–water partition coefficient (Wildman–Crippen LogP) is 3.55. The van der Waals surface area contributed by atoms with E-state index in [1.807, 2.05) is 12.1 Å². The van der Waals surface area contributed by atoms with E-state index in [2.05, 4.69) is 34.3 Å². The molecule has 1 aromatic carbocycles. The van der Waals surface area contributed by atoms with Crippen LogP contribution < -0.4 is 0 Å². The van der Waals surface area contributed by atoms with Crippen LogP contribution in [0.5, 0.6) is 0 Å². The summed E-state index contributed by atoms with van der Waals surface area (Å²) in [6.07, 6.45) is 3.90. The minimum atomic E-state index is 0.605. The van der Waals surface area contributed by atoms with Crippen molar-refractivity contribution in [3.05, 3.63) is 40.2 Å². The van der Waals surface area contributed by atoms with E-state index in [9.17, 15) is 0 Å². The second-order valence-electron chi connectivity index (χ2n) is 7.90. The zero-order valence-corrected chi connectivity index (χ0v) is 21.3. The molecular formula is C21H31ClN3OS2Tc. The molecule has 0 aliphatic carbocycles. The Bertz CT molecular complexity index is 598. The van der Waals surface area contributed by atoms with E-state index in [0.717, 1.165) is 74.1 Å². The van der Waals surface area contributed by atoms with Gasteiger partial charge in [0, 0.05) is 23.7 Å². The summed E-state index contributed by atoms with van der Waals surface area (Å²) in [5, 5.41) is 5.37. The number of benzene rings is 1. The number of hydrogen-bond donors (Lipinski definition) is 0. The fourth-order valence-corrected chi connectivity index (χ4v) is 5.54. The summed E-state index contributed by atoms with van der Waals surface area (Å²) in [6, 6.07) is 9.96. The normalized spacial score (nSPS) is 26.3. The van der Waals surface area contributed by atoms with Gasteiger partial charge in [0.25, 0.3) is 0 Å². The van der Waals surface area contributed by atoms with E-state index in [4.69, 9.17) is 40.4 Å². The van der Waals surface area contributed by atoms with Crippen LogP contribution in [0.25, 0.3) is 5.32 Å². The van der Waals surface area contributed by atoms with E-state index in [-0.39, 0.29) is 0 Å². The monoisotopic (exact) mass is 537 g/mol. The van der Waals surface area contributed by atoms with Gasteiger partial charge in [0.2, 0.25) is 0 Å². The van der Waals surface area contributed by atoms with Gasteiger partial charge in [-0.05, 0) is 68.9 Å². The first-order valence-electron chi connectivity index (χ1n) is 10.3. The Hall–Kier alpha value is 0.539. The van der Waals surface area contributed by atoms with Crippen LogP contribution in [0, 0.1) is 5.92 Å². The molecule has 4 atom stereocenters. The quantitative estimate of drug-likeness (QED) is 0.336. The molecule has 8 heteroatoms. The van der Waals surface area contributed by atoms with Crippen LogP contribution in [-0.4, -0.2) is 73.2 Å². The molecule has 2 aliphatic rings. The first kappa shape index (κ1) is 25.8. The van der Waals surface area contributed by atoms with Crippen molar-refractivity contribution < 1.29 is 22.4 Å². The number of hydrogen-bond acceptors (Lipinski definition) is 5. The number of fused-ring (bicyclic) bond motifs is 2. The Morgan fingerprint density at radius 3 is 2.52 bits per heavy atom. The van der Waals surface area contributed by atoms with Gasteiger partial charge in [0.05, 0.1) is 0 Å². The Morgan fingerprint density at radius 2 is 1.86 bits per heavy atom. The second-order valence-corrected chi connectivity index (χ2v) is 9.15. The van der Waals surface area contributed by atoms with Crippen LogP contribution in [-0.2, 0) is 47.6 Å². The molecule has 2 heterocycles. The van der Waals surface area contributed by atoms with Gasteiger partial charge < -0.3 is 40.4 Å². The van der Waals surface area contributed by atoms with Crippen molar-refractivity contribution in [3.8, 4) is 0 Å². The van der Waals surface area contributed by atoms with Crippen molar-refractivity contribution in [3.63, 3.8) is 0 Å². The Labute approximate surface area is 202 Å². The zero-order chi connectivity index (χ0) is 21.2. The third-order valence-corrected chi connectivity index (χ3v) is 7.05. The average molecular weight is 539 g/mol. The topological polar surface area (TPSA) is 37.7 Å². The molecule has 2 saturated heterocycles. The second kappa shape index (κ2) is 13.8. The number of piperidine rings is 1. The van der Waals surface area contributed by atoms with Gasteiger partial charge in [-0.1, -0.05) is 23.7 Å². The van der Waals surface area contributed by atoms with Gasteiger partial charge in [-0.2, -0.15) is 18.1 Å².